The number of urea groups is 1. The number of hydrogen-bond acceptors (Lipinski definition) is 4. The Morgan fingerprint density at radius 2 is 1.71 bits per heavy atom. The number of amides is 2. The van der Waals surface area contributed by atoms with Gasteiger partial charge >= 0.3 is 6.03 Å². The molecule has 2 aromatic carbocycles. The maximum Gasteiger partial charge on any atom is 0.321 e. The molecule has 0 saturated carbocycles. The Kier molecular flexibility index (Phi) is 5.78. The van der Waals surface area contributed by atoms with E-state index in [9.17, 15) is 9.59 Å². The molecule has 0 radical (unpaired) electrons. The highest BCUT2D eigenvalue weighted by Gasteiger charge is 2.24. The molecule has 0 atom stereocenters. The second-order valence-electron chi connectivity index (χ2n) is 9.02. The minimum Gasteiger partial charge on any atom is -0.322 e. The molecule has 7 nitrogen and oxygen atoms in total. The molecular formula is C24H29N5O2. The summed E-state index contributed by atoms with van der Waals surface area (Å²) in [6, 6.07) is 15.2. The average molecular weight is 420 g/mol. The number of hydrogen-bond donors (Lipinski definition) is 2. The Morgan fingerprint density at radius 3 is 2.45 bits per heavy atom. The quantitative estimate of drug-likeness (QED) is 0.680. The lowest BCUT2D eigenvalue weighted by Crippen LogP contribution is -2.50. The van der Waals surface area contributed by atoms with Crippen molar-refractivity contribution in [2.75, 3.05) is 31.5 Å². The molecule has 1 aliphatic heterocycles. The fraction of sp³-hybridized carbons (Fsp3) is 0.375. The number of nitrogens with one attached hydrogen (secondary N) is 2. The topological polar surface area (TPSA) is 81.3 Å². The Bertz CT molecular complexity index is 1140. The van der Waals surface area contributed by atoms with Crippen LogP contribution in [0.2, 0.25) is 0 Å². The molecule has 2 heterocycles. The van der Waals surface area contributed by atoms with Crippen molar-refractivity contribution < 1.29 is 4.79 Å². The summed E-state index contributed by atoms with van der Waals surface area (Å²) in [5.74, 6) is 0.653. The van der Waals surface area contributed by atoms with Gasteiger partial charge in [-0.3, -0.25) is 9.69 Å². The van der Waals surface area contributed by atoms with E-state index in [2.05, 4.69) is 47.0 Å². The lowest BCUT2D eigenvalue weighted by Gasteiger charge is -2.34. The highest BCUT2D eigenvalue weighted by molar-refractivity contribution is 5.90. The number of piperazine rings is 1. The number of para-hydroxylation sites is 2. The number of fused-ring (bicyclic) bond motifs is 1. The number of carbonyl (C=O) groups excluding carboxylic acids is 1. The van der Waals surface area contributed by atoms with E-state index in [1.807, 2.05) is 41.3 Å². The van der Waals surface area contributed by atoms with Crippen LogP contribution in [0.5, 0.6) is 0 Å². The van der Waals surface area contributed by atoms with E-state index < -0.39 is 0 Å². The monoisotopic (exact) mass is 419 g/mol. The normalized spacial score (nSPS) is 15.3. The third-order valence-electron chi connectivity index (χ3n) is 5.67. The van der Waals surface area contributed by atoms with Crippen LogP contribution in [0.3, 0.4) is 0 Å². The van der Waals surface area contributed by atoms with Gasteiger partial charge in [-0.05, 0) is 29.2 Å². The molecule has 7 heteroatoms. The molecule has 2 amide bonds. The number of benzene rings is 2. The summed E-state index contributed by atoms with van der Waals surface area (Å²) in [4.78, 5) is 36.6. The van der Waals surface area contributed by atoms with Crippen molar-refractivity contribution in [3.63, 3.8) is 0 Å². The van der Waals surface area contributed by atoms with Gasteiger partial charge in [-0.1, -0.05) is 51.1 Å². The van der Waals surface area contributed by atoms with Crippen molar-refractivity contribution >= 4 is 22.6 Å². The number of rotatable bonds is 3. The van der Waals surface area contributed by atoms with Crippen LogP contribution < -0.4 is 10.9 Å². The number of aromatic amines is 1. The van der Waals surface area contributed by atoms with Gasteiger partial charge in [0, 0.05) is 31.9 Å². The van der Waals surface area contributed by atoms with Gasteiger partial charge in [-0.2, -0.15) is 0 Å². The highest BCUT2D eigenvalue weighted by atomic mass is 16.2. The van der Waals surface area contributed by atoms with E-state index in [1.165, 1.54) is 0 Å². The van der Waals surface area contributed by atoms with E-state index >= 15 is 0 Å². The second-order valence-corrected chi connectivity index (χ2v) is 9.02. The first-order chi connectivity index (χ1) is 14.8. The summed E-state index contributed by atoms with van der Waals surface area (Å²) in [5.41, 5.74) is 2.52. The molecule has 0 spiro atoms. The standard InChI is InChI=1S/C24H29N5O2/c1-24(2,3)18-9-5-7-11-20(18)26-23(31)29-14-12-28(13-15-29)16-21-25-19-10-6-4-8-17(19)22(30)27-21/h4-11H,12-16H2,1-3H3,(H,26,31)(H,25,27,30). The molecule has 2 N–H and O–H groups in total. The molecule has 0 unspecified atom stereocenters. The molecule has 31 heavy (non-hydrogen) atoms. The van der Waals surface area contributed by atoms with E-state index in [0.717, 1.165) is 24.3 Å². The maximum atomic E-state index is 12.8. The maximum absolute atomic E-state index is 12.8. The molecule has 0 bridgehead atoms. The van der Waals surface area contributed by atoms with E-state index in [1.54, 1.807) is 6.07 Å². The SMILES string of the molecule is CC(C)(C)c1ccccc1NC(=O)N1CCN(Cc2nc3ccccc3c(=O)[nH]2)CC1. The van der Waals surface area contributed by atoms with Crippen LogP contribution >= 0.6 is 0 Å². The minimum atomic E-state index is -0.115. The van der Waals surface area contributed by atoms with Gasteiger partial charge in [0.1, 0.15) is 5.82 Å². The van der Waals surface area contributed by atoms with Crippen LogP contribution in [0, 0.1) is 0 Å². The van der Waals surface area contributed by atoms with Gasteiger partial charge in [0.15, 0.2) is 0 Å². The third-order valence-corrected chi connectivity index (χ3v) is 5.67. The first-order valence-electron chi connectivity index (χ1n) is 10.7. The molecule has 1 aliphatic rings. The van der Waals surface area contributed by atoms with Crippen molar-refractivity contribution in [3.8, 4) is 0 Å². The fourth-order valence-corrected chi connectivity index (χ4v) is 3.97. The summed E-state index contributed by atoms with van der Waals surface area (Å²) in [7, 11) is 0. The lowest BCUT2D eigenvalue weighted by molar-refractivity contribution is 0.141. The second kappa shape index (κ2) is 8.51. The largest absolute Gasteiger partial charge is 0.322 e. The van der Waals surface area contributed by atoms with Crippen molar-refractivity contribution in [2.45, 2.75) is 32.7 Å². The van der Waals surface area contributed by atoms with Crippen molar-refractivity contribution in [1.29, 1.82) is 0 Å². The molecule has 4 rings (SSSR count). The highest BCUT2D eigenvalue weighted by Crippen LogP contribution is 2.29. The van der Waals surface area contributed by atoms with Crippen LogP contribution in [0.15, 0.2) is 53.3 Å². The zero-order valence-electron chi connectivity index (χ0n) is 18.3. The first-order valence-corrected chi connectivity index (χ1v) is 10.7. The zero-order chi connectivity index (χ0) is 22.0. The van der Waals surface area contributed by atoms with E-state index in [-0.39, 0.29) is 17.0 Å². The van der Waals surface area contributed by atoms with Crippen LogP contribution in [0.1, 0.15) is 32.2 Å². The molecule has 1 saturated heterocycles. The van der Waals surface area contributed by atoms with Gasteiger partial charge < -0.3 is 15.2 Å². The first kappa shape index (κ1) is 21.1. The summed E-state index contributed by atoms with van der Waals surface area (Å²) in [6.45, 7) is 9.69. The molecule has 1 fully saturated rings. The Hall–Kier alpha value is -3.19. The van der Waals surface area contributed by atoms with Crippen LogP contribution in [-0.4, -0.2) is 52.0 Å². The van der Waals surface area contributed by atoms with Crippen molar-refractivity contribution in [2.24, 2.45) is 0 Å². The minimum absolute atomic E-state index is 0.0493. The number of anilines is 1. The van der Waals surface area contributed by atoms with Gasteiger partial charge in [0.2, 0.25) is 0 Å². The molecular weight excluding hydrogens is 390 g/mol. The molecule has 1 aromatic heterocycles. The van der Waals surface area contributed by atoms with Gasteiger partial charge in [-0.25, -0.2) is 9.78 Å². The summed E-state index contributed by atoms with van der Waals surface area (Å²) >= 11 is 0. The van der Waals surface area contributed by atoms with Crippen LogP contribution in [0.4, 0.5) is 10.5 Å². The fourth-order valence-electron chi connectivity index (χ4n) is 3.97. The predicted octanol–water partition coefficient (Wildman–Crippen LogP) is 3.57. The lowest BCUT2D eigenvalue weighted by atomic mass is 9.86. The van der Waals surface area contributed by atoms with E-state index in [0.29, 0.717) is 36.4 Å². The Labute approximate surface area is 182 Å². The number of aromatic nitrogens is 2. The number of H-pyrrole nitrogens is 1. The Balaban J connectivity index is 1.37. The molecule has 3 aromatic rings. The smallest absolute Gasteiger partial charge is 0.321 e. The number of carbonyl (C=O) groups is 1. The molecule has 162 valence electrons. The van der Waals surface area contributed by atoms with Crippen LogP contribution in [-0.2, 0) is 12.0 Å². The van der Waals surface area contributed by atoms with E-state index in [4.69, 9.17) is 0 Å². The van der Waals surface area contributed by atoms with Crippen molar-refractivity contribution in [1.82, 2.24) is 19.8 Å². The van der Waals surface area contributed by atoms with Crippen molar-refractivity contribution in [3.05, 3.63) is 70.3 Å². The average Bonchev–Trinajstić information content (AvgIpc) is 2.74. The predicted molar refractivity (Wildman–Crippen MR) is 123 cm³/mol. The third kappa shape index (κ3) is 4.77. The number of nitrogens with zero attached hydrogens (tertiary/aromatic N) is 3. The van der Waals surface area contributed by atoms with Gasteiger partial charge in [0.25, 0.3) is 5.56 Å². The Morgan fingerprint density at radius 1 is 1.03 bits per heavy atom. The summed E-state index contributed by atoms with van der Waals surface area (Å²) in [6.07, 6.45) is 0. The van der Waals surface area contributed by atoms with Gasteiger partial charge in [-0.15, -0.1) is 0 Å². The summed E-state index contributed by atoms with van der Waals surface area (Å²) in [5, 5.41) is 3.69. The van der Waals surface area contributed by atoms with Crippen LogP contribution in [0.25, 0.3) is 10.9 Å². The summed E-state index contributed by atoms with van der Waals surface area (Å²) < 4.78 is 0. The zero-order valence-corrected chi connectivity index (χ0v) is 18.3. The van der Waals surface area contributed by atoms with Gasteiger partial charge in [0.05, 0.1) is 17.4 Å². The molecule has 0 aliphatic carbocycles.